The van der Waals surface area contributed by atoms with Gasteiger partial charge in [-0.1, -0.05) is 20.3 Å². The summed E-state index contributed by atoms with van der Waals surface area (Å²) in [5, 5.41) is 3.22. The van der Waals surface area contributed by atoms with Crippen molar-refractivity contribution >= 4 is 0 Å². The van der Waals surface area contributed by atoms with Gasteiger partial charge in [0.05, 0.1) is 5.69 Å². The van der Waals surface area contributed by atoms with Crippen LogP contribution in [0.2, 0.25) is 0 Å². The third-order valence-corrected chi connectivity index (χ3v) is 2.40. The smallest absolute Gasteiger partial charge is 0.146 e. The summed E-state index contributed by atoms with van der Waals surface area (Å²) in [4.78, 5) is 3.98. The van der Waals surface area contributed by atoms with Gasteiger partial charge in [0.1, 0.15) is 5.82 Å². The lowest BCUT2D eigenvalue weighted by molar-refractivity contribution is 0.467. The number of aromatic nitrogens is 1. The first-order chi connectivity index (χ1) is 7.24. The zero-order valence-corrected chi connectivity index (χ0v) is 9.46. The van der Waals surface area contributed by atoms with Crippen LogP contribution < -0.4 is 5.32 Å². The van der Waals surface area contributed by atoms with Gasteiger partial charge in [-0.05, 0) is 31.0 Å². The summed E-state index contributed by atoms with van der Waals surface area (Å²) in [5.41, 5.74) is 0.501. The zero-order chi connectivity index (χ0) is 11.1. The number of hydrogen-bond donors (Lipinski definition) is 1. The number of hydrogen-bond acceptors (Lipinski definition) is 2. The summed E-state index contributed by atoms with van der Waals surface area (Å²) in [6, 6.07) is 3.05. The summed E-state index contributed by atoms with van der Waals surface area (Å²) < 4.78 is 13.2. The van der Waals surface area contributed by atoms with E-state index in [1.54, 1.807) is 12.3 Å². The highest BCUT2D eigenvalue weighted by atomic mass is 19.1. The van der Waals surface area contributed by atoms with Crippen LogP contribution in [0.1, 0.15) is 32.4 Å². The molecule has 1 aromatic heterocycles. The van der Waals surface area contributed by atoms with E-state index in [-0.39, 0.29) is 5.82 Å². The molecule has 0 aliphatic heterocycles. The monoisotopic (exact) mass is 210 g/mol. The molecule has 0 amide bonds. The Morgan fingerprint density at radius 3 is 3.00 bits per heavy atom. The molecule has 1 N–H and O–H groups in total. The van der Waals surface area contributed by atoms with Gasteiger partial charge in [0.25, 0.3) is 0 Å². The summed E-state index contributed by atoms with van der Waals surface area (Å²) in [5.74, 6) is 0.412. The van der Waals surface area contributed by atoms with E-state index in [1.165, 1.54) is 18.9 Å². The molecule has 0 aromatic carbocycles. The maximum Gasteiger partial charge on any atom is 0.146 e. The van der Waals surface area contributed by atoms with Crippen LogP contribution in [-0.2, 0) is 6.54 Å². The molecular formula is C12H19FN2. The van der Waals surface area contributed by atoms with Gasteiger partial charge in [0.15, 0.2) is 0 Å². The molecule has 1 rings (SSSR count). The normalized spacial score (nSPS) is 12.7. The van der Waals surface area contributed by atoms with Gasteiger partial charge in [-0.2, -0.15) is 0 Å². The van der Waals surface area contributed by atoms with Crippen LogP contribution in [0.5, 0.6) is 0 Å². The van der Waals surface area contributed by atoms with E-state index >= 15 is 0 Å². The van der Waals surface area contributed by atoms with E-state index in [1.807, 2.05) is 0 Å². The predicted octanol–water partition coefficient (Wildman–Crippen LogP) is 2.75. The molecule has 2 nitrogen and oxygen atoms in total. The minimum absolute atomic E-state index is 0.229. The molecule has 1 atom stereocenters. The van der Waals surface area contributed by atoms with E-state index in [4.69, 9.17) is 0 Å². The molecule has 0 saturated carbocycles. The summed E-state index contributed by atoms with van der Waals surface area (Å²) in [6.07, 6.45) is 4.02. The summed E-state index contributed by atoms with van der Waals surface area (Å²) >= 11 is 0. The topological polar surface area (TPSA) is 24.9 Å². The average molecular weight is 210 g/mol. The Bertz CT molecular complexity index is 289. The molecular weight excluding hydrogens is 191 g/mol. The van der Waals surface area contributed by atoms with Crippen molar-refractivity contribution in [2.75, 3.05) is 6.54 Å². The lowest BCUT2D eigenvalue weighted by atomic mass is 10.1. The van der Waals surface area contributed by atoms with E-state index < -0.39 is 0 Å². The Balaban J connectivity index is 2.29. The van der Waals surface area contributed by atoms with Crippen LogP contribution in [0.3, 0.4) is 0 Å². The molecule has 1 unspecified atom stereocenters. The minimum atomic E-state index is -0.229. The van der Waals surface area contributed by atoms with Gasteiger partial charge in [-0.3, -0.25) is 4.98 Å². The Morgan fingerprint density at radius 1 is 1.53 bits per heavy atom. The maximum absolute atomic E-state index is 13.2. The molecule has 0 radical (unpaired) electrons. The fraction of sp³-hybridized carbons (Fsp3) is 0.583. The van der Waals surface area contributed by atoms with E-state index in [0.29, 0.717) is 18.2 Å². The molecule has 84 valence electrons. The van der Waals surface area contributed by atoms with Gasteiger partial charge >= 0.3 is 0 Å². The van der Waals surface area contributed by atoms with Crippen molar-refractivity contribution in [3.63, 3.8) is 0 Å². The lowest BCUT2D eigenvalue weighted by Crippen LogP contribution is -2.21. The Labute approximate surface area is 90.9 Å². The van der Waals surface area contributed by atoms with Crippen molar-refractivity contribution in [3.8, 4) is 0 Å². The van der Waals surface area contributed by atoms with Crippen molar-refractivity contribution < 1.29 is 4.39 Å². The third kappa shape index (κ3) is 4.38. The Kier molecular flexibility index (Phi) is 5.26. The molecule has 1 aromatic rings. The van der Waals surface area contributed by atoms with E-state index in [0.717, 1.165) is 6.54 Å². The van der Waals surface area contributed by atoms with Gasteiger partial charge in [0.2, 0.25) is 0 Å². The highest BCUT2D eigenvalue weighted by Gasteiger charge is 2.03. The first-order valence-electron chi connectivity index (χ1n) is 5.54. The highest BCUT2D eigenvalue weighted by molar-refractivity contribution is 5.06. The van der Waals surface area contributed by atoms with Crippen molar-refractivity contribution in [2.45, 2.75) is 33.2 Å². The molecule has 15 heavy (non-hydrogen) atoms. The predicted molar refractivity (Wildman–Crippen MR) is 60.0 cm³/mol. The summed E-state index contributed by atoms with van der Waals surface area (Å²) in [6.45, 7) is 5.81. The first-order valence-corrected chi connectivity index (χ1v) is 5.54. The fourth-order valence-electron chi connectivity index (χ4n) is 1.58. The molecule has 0 saturated heterocycles. The SMILES string of the molecule is CCCC(C)CNCc1ncccc1F. The number of pyridine rings is 1. The van der Waals surface area contributed by atoms with Crippen LogP contribution in [0, 0.1) is 11.7 Å². The molecule has 0 fully saturated rings. The second kappa shape index (κ2) is 6.51. The number of nitrogens with zero attached hydrogens (tertiary/aromatic N) is 1. The quantitative estimate of drug-likeness (QED) is 0.781. The number of nitrogens with one attached hydrogen (secondary N) is 1. The third-order valence-electron chi connectivity index (χ3n) is 2.40. The molecule has 0 bridgehead atoms. The van der Waals surface area contributed by atoms with Crippen LogP contribution >= 0.6 is 0 Å². The largest absolute Gasteiger partial charge is 0.311 e. The van der Waals surface area contributed by atoms with Gasteiger partial charge < -0.3 is 5.32 Å². The second-order valence-corrected chi connectivity index (χ2v) is 3.96. The molecule has 3 heteroatoms. The first kappa shape index (κ1) is 12.1. The van der Waals surface area contributed by atoms with Crippen LogP contribution in [0.15, 0.2) is 18.3 Å². The van der Waals surface area contributed by atoms with Gasteiger partial charge in [-0.25, -0.2) is 4.39 Å². The van der Waals surface area contributed by atoms with Crippen LogP contribution in [-0.4, -0.2) is 11.5 Å². The van der Waals surface area contributed by atoms with E-state index in [9.17, 15) is 4.39 Å². The standard InChI is InChI=1S/C12H19FN2/c1-3-5-10(2)8-14-9-12-11(13)6-4-7-15-12/h4,6-7,10,14H,3,5,8-9H2,1-2H3. The lowest BCUT2D eigenvalue weighted by Gasteiger charge is -2.11. The van der Waals surface area contributed by atoms with Gasteiger partial charge in [0, 0.05) is 12.7 Å². The number of halogens is 1. The fourth-order valence-corrected chi connectivity index (χ4v) is 1.58. The maximum atomic E-state index is 13.2. The van der Waals surface area contributed by atoms with Crippen molar-refractivity contribution in [1.29, 1.82) is 0 Å². The summed E-state index contributed by atoms with van der Waals surface area (Å²) in [7, 11) is 0. The number of rotatable bonds is 6. The molecule has 0 aliphatic carbocycles. The highest BCUT2D eigenvalue weighted by Crippen LogP contribution is 2.05. The van der Waals surface area contributed by atoms with Crippen molar-refractivity contribution in [2.24, 2.45) is 5.92 Å². The molecule has 0 aliphatic rings. The van der Waals surface area contributed by atoms with Crippen LogP contribution in [0.4, 0.5) is 4.39 Å². The minimum Gasteiger partial charge on any atom is -0.311 e. The van der Waals surface area contributed by atoms with Crippen molar-refractivity contribution in [1.82, 2.24) is 10.3 Å². The van der Waals surface area contributed by atoms with Crippen LogP contribution in [0.25, 0.3) is 0 Å². The molecule has 1 heterocycles. The zero-order valence-electron chi connectivity index (χ0n) is 9.46. The molecule has 0 spiro atoms. The van der Waals surface area contributed by atoms with Gasteiger partial charge in [-0.15, -0.1) is 0 Å². The Hall–Kier alpha value is -0.960. The Morgan fingerprint density at radius 2 is 2.33 bits per heavy atom. The van der Waals surface area contributed by atoms with E-state index in [2.05, 4.69) is 24.1 Å². The average Bonchev–Trinajstić information content (AvgIpc) is 2.21. The second-order valence-electron chi connectivity index (χ2n) is 3.96. The van der Waals surface area contributed by atoms with Crippen molar-refractivity contribution in [3.05, 3.63) is 29.8 Å².